The van der Waals surface area contributed by atoms with Gasteiger partial charge in [-0.25, -0.2) is 4.39 Å². The van der Waals surface area contributed by atoms with E-state index in [9.17, 15) is 4.39 Å². The van der Waals surface area contributed by atoms with Crippen LogP contribution in [-0.2, 0) is 6.42 Å². The molecule has 1 N–H and O–H groups in total. The number of rotatable bonds is 5. The van der Waals surface area contributed by atoms with Crippen LogP contribution in [0.1, 0.15) is 29.7 Å². The maximum absolute atomic E-state index is 13.6. The average Bonchev–Trinajstić information content (AvgIpc) is 2.45. The second-order valence-electron chi connectivity index (χ2n) is 5.02. The zero-order chi connectivity index (χ0) is 15.4. The fourth-order valence-corrected chi connectivity index (χ4v) is 2.94. The van der Waals surface area contributed by atoms with Crippen LogP contribution >= 0.6 is 27.5 Å². The molecule has 1 unspecified atom stereocenters. The summed E-state index contributed by atoms with van der Waals surface area (Å²) in [6.07, 6.45) is 0.721. The van der Waals surface area contributed by atoms with Gasteiger partial charge in [0.05, 0.1) is 5.02 Å². The minimum Gasteiger partial charge on any atom is -0.310 e. The molecule has 1 atom stereocenters. The Morgan fingerprint density at radius 1 is 1.29 bits per heavy atom. The smallest absolute Gasteiger partial charge is 0.142 e. The first-order chi connectivity index (χ1) is 10.0. The third kappa shape index (κ3) is 4.06. The monoisotopic (exact) mass is 369 g/mol. The van der Waals surface area contributed by atoms with Gasteiger partial charge in [-0.15, -0.1) is 0 Å². The summed E-state index contributed by atoms with van der Waals surface area (Å²) in [6.45, 7) is 5.02. The highest BCUT2D eigenvalue weighted by molar-refractivity contribution is 9.10. The first-order valence-corrected chi connectivity index (χ1v) is 8.12. The predicted octanol–water partition coefficient (Wildman–Crippen LogP) is 5.44. The molecule has 0 radical (unpaired) electrons. The van der Waals surface area contributed by atoms with E-state index >= 15 is 0 Å². The van der Waals surface area contributed by atoms with Crippen molar-refractivity contribution in [2.75, 3.05) is 6.54 Å². The number of nitrogens with one attached hydrogen (secondary N) is 1. The van der Waals surface area contributed by atoms with Crippen molar-refractivity contribution in [2.24, 2.45) is 0 Å². The van der Waals surface area contributed by atoms with E-state index in [4.69, 9.17) is 11.6 Å². The highest BCUT2D eigenvalue weighted by Crippen LogP contribution is 2.27. The largest absolute Gasteiger partial charge is 0.310 e. The second-order valence-corrected chi connectivity index (χ2v) is 6.28. The van der Waals surface area contributed by atoms with Gasteiger partial charge in [0.1, 0.15) is 5.82 Å². The maximum Gasteiger partial charge on any atom is 0.142 e. The molecule has 0 saturated heterocycles. The minimum atomic E-state index is -0.365. The van der Waals surface area contributed by atoms with E-state index in [1.54, 1.807) is 6.07 Å². The lowest BCUT2D eigenvalue weighted by Gasteiger charge is -2.21. The van der Waals surface area contributed by atoms with Crippen molar-refractivity contribution in [1.29, 1.82) is 0 Å². The maximum atomic E-state index is 13.6. The van der Waals surface area contributed by atoms with E-state index in [0.29, 0.717) is 0 Å². The molecule has 2 aromatic rings. The molecule has 2 rings (SSSR count). The average molecular weight is 371 g/mol. The van der Waals surface area contributed by atoms with Crippen LogP contribution in [0.2, 0.25) is 5.02 Å². The van der Waals surface area contributed by atoms with E-state index in [1.165, 1.54) is 17.2 Å². The van der Waals surface area contributed by atoms with Crippen molar-refractivity contribution in [3.05, 3.63) is 68.4 Å². The van der Waals surface area contributed by atoms with Gasteiger partial charge in [-0.2, -0.15) is 0 Å². The summed E-state index contributed by atoms with van der Waals surface area (Å²) in [5, 5.41) is 3.64. The topological polar surface area (TPSA) is 12.0 Å². The van der Waals surface area contributed by atoms with Crippen molar-refractivity contribution in [1.82, 2.24) is 5.32 Å². The molecule has 2 aromatic carbocycles. The van der Waals surface area contributed by atoms with E-state index < -0.39 is 0 Å². The summed E-state index contributed by atoms with van der Waals surface area (Å²) < 4.78 is 14.7. The summed E-state index contributed by atoms with van der Waals surface area (Å²) in [7, 11) is 0. The number of halogens is 3. The zero-order valence-corrected chi connectivity index (χ0v) is 14.4. The molecule has 0 aromatic heterocycles. The van der Waals surface area contributed by atoms with Crippen LogP contribution in [0, 0.1) is 12.7 Å². The standard InChI is InChI=1S/C17H18BrClFN/c1-3-21-17(13-5-4-6-14(18)11(13)2)10-12-7-8-15(19)16(20)9-12/h4-9,17,21H,3,10H2,1-2H3. The van der Waals surface area contributed by atoms with E-state index in [1.807, 2.05) is 18.2 Å². The highest BCUT2D eigenvalue weighted by Gasteiger charge is 2.15. The molecule has 0 heterocycles. The van der Waals surface area contributed by atoms with Crippen LogP contribution in [0.25, 0.3) is 0 Å². The van der Waals surface area contributed by atoms with Gasteiger partial charge in [0.2, 0.25) is 0 Å². The number of hydrogen-bond donors (Lipinski definition) is 1. The molecule has 1 nitrogen and oxygen atoms in total. The van der Waals surface area contributed by atoms with Gasteiger partial charge in [0.25, 0.3) is 0 Å². The van der Waals surface area contributed by atoms with E-state index in [0.717, 1.165) is 23.0 Å². The number of hydrogen-bond acceptors (Lipinski definition) is 1. The lowest BCUT2D eigenvalue weighted by atomic mass is 9.95. The van der Waals surface area contributed by atoms with Gasteiger partial charge in [0, 0.05) is 10.5 Å². The Labute approximate surface area is 138 Å². The first-order valence-electron chi connectivity index (χ1n) is 6.95. The lowest BCUT2D eigenvalue weighted by molar-refractivity contribution is 0.544. The van der Waals surface area contributed by atoms with Crippen LogP contribution in [0.3, 0.4) is 0 Å². The summed E-state index contributed by atoms with van der Waals surface area (Å²) in [5.41, 5.74) is 3.36. The summed E-state index contributed by atoms with van der Waals surface area (Å²) in [6, 6.07) is 11.3. The molecule has 0 aliphatic rings. The van der Waals surface area contributed by atoms with Gasteiger partial charge >= 0.3 is 0 Å². The summed E-state index contributed by atoms with van der Waals surface area (Å²) in [4.78, 5) is 0. The third-order valence-corrected chi connectivity index (χ3v) is 4.72. The van der Waals surface area contributed by atoms with Crippen molar-refractivity contribution < 1.29 is 4.39 Å². The molecule has 21 heavy (non-hydrogen) atoms. The Kier molecular flexibility index (Phi) is 5.80. The Morgan fingerprint density at radius 2 is 2.05 bits per heavy atom. The van der Waals surface area contributed by atoms with Gasteiger partial charge in [-0.3, -0.25) is 0 Å². The fraction of sp³-hybridized carbons (Fsp3) is 0.294. The highest BCUT2D eigenvalue weighted by atomic mass is 79.9. The van der Waals surface area contributed by atoms with Crippen molar-refractivity contribution in [2.45, 2.75) is 26.3 Å². The van der Waals surface area contributed by atoms with Gasteiger partial charge in [0.15, 0.2) is 0 Å². The Bertz CT molecular complexity index is 630. The Balaban J connectivity index is 2.30. The van der Waals surface area contributed by atoms with Gasteiger partial charge in [-0.05, 0) is 54.8 Å². The summed E-state index contributed by atoms with van der Waals surface area (Å²) in [5.74, 6) is -0.365. The molecule has 0 bridgehead atoms. The van der Waals surface area contributed by atoms with Crippen LogP contribution in [-0.4, -0.2) is 6.54 Å². The zero-order valence-electron chi connectivity index (χ0n) is 12.1. The molecule has 4 heteroatoms. The Hall–Kier alpha value is -0.900. The molecule has 0 aliphatic heterocycles. The van der Waals surface area contributed by atoms with Crippen molar-refractivity contribution >= 4 is 27.5 Å². The molecular formula is C17H18BrClFN. The summed E-state index contributed by atoms with van der Waals surface area (Å²) >= 11 is 9.31. The molecule has 0 fully saturated rings. The first kappa shape index (κ1) is 16.5. The SMILES string of the molecule is CCNC(Cc1ccc(Cl)c(F)c1)c1cccc(Br)c1C. The second kappa shape index (κ2) is 7.39. The van der Waals surface area contributed by atoms with Gasteiger partial charge in [-0.1, -0.05) is 52.7 Å². The molecule has 112 valence electrons. The van der Waals surface area contributed by atoms with Crippen LogP contribution < -0.4 is 5.32 Å². The Morgan fingerprint density at radius 3 is 2.71 bits per heavy atom. The van der Waals surface area contributed by atoms with Crippen LogP contribution in [0.4, 0.5) is 4.39 Å². The van der Waals surface area contributed by atoms with Crippen molar-refractivity contribution in [3.63, 3.8) is 0 Å². The number of benzene rings is 2. The fourth-order valence-electron chi connectivity index (χ4n) is 2.44. The molecule has 0 amide bonds. The molecule has 0 saturated carbocycles. The molecule has 0 aliphatic carbocycles. The number of likely N-dealkylation sites (N-methyl/N-ethyl adjacent to an activating group) is 1. The third-order valence-electron chi connectivity index (χ3n) is 3.56. The predicted molar refractivity (Wildman–Crippen MR) is 90.4 cm³/mol. The van der Waals surface area contributed by atoms with E-state index in [-0.39, 0.29) is 16.9 Å². The van der Waals surface area contributed by atoms with Gasteiger partial charge < -0.3 is 5.32 Å². The molecule has 0 spiro atoms. The van der Waals surface area contributed by atoms with Crippen LogP contribution in [0.15, 0.2) is 40.9 Å². The molecular weight excluding hydrogens is 353 g/mol. The quantitative estimate of drug-likeness (QED) is 0.738. The van der Waals surface area contributed by atoms with Crippen molar-refractivity contribution in [3.8, 4) is 0 Å². The van der Waals surface area contributed by atoms with Crippen LogP contribution in [0.5, 0.6) is 0 Å². The van der Waals surface area contributed by atoms with E-state index in [2.05, 4.69) is 41.2 Å². The lowest BCUT2D eigenvalue weighted by Crippen LogP contribution is -2.23. The minimum absolute atomic E-state index is 0.146. The normalized spacial score (nSPS) is 12.4.